The van der Waals surface area contributed by atoms with Gasteiger partial charge in [-0.3, -0.25) is 0 Å². The highest BCUT2D eigenvalue weighted by atomic mass is 35.5. The molecule has 0 unspecified atom stereocenters. The monoisotopic (exact) mass is 454 g/mol. The largest absolute Gasteiger partial charge is 0.490 e. The first-order valence-electron chi connectivity index (χ1n) is 10.3. The molecule has 31 heavy (non-hydrogen) atoms. The van der Waals surface area contributed by atoms with Crippen LogP contribution in [-0.2, 0) is 12.6 Å². The molecule has 4 nitrogen and oxygen atoms in total. The van der Waals surface area contributed by atoms with Crippen molar-refractivity contribution in [3.63, 3.8) is 0 Å². The average molecular weight is 455 g/mol. The molecule has 0 fully saturated rings. The summed E-state index contributed by atoms with van der Waals surface area (Å²) in [5.41, 5.74) is 6.91. The van der Waals surface area contributed by atoms with Gasteiger partial charge in [0.25, 0.3) is 0 Å². The summed E-state index contributed by atoms with van der Waals surface area (Å²) in [5.74, 6) is 1.12. The lowest BCUT2D eigenvalue weighted by atomic mass is 9.99. The van der Waals surface area contributed by atoms with E-state index < -0.39 is 11.7 Å². The minimum atomic E-state index is -4.51. The molecule has 0 aliphatic carbocycles. The molecular weight excluding hydrogens is 429 g/mol. The highest BCUT2D eigenvalue weighted by molar-refractivity contribution is 6.36. The van der Waals surface area contributed by atoms with Gasteiger partial charge in [0.1, 0.15) is 0 Å². The molecular formula is C23H26ClF3N2O2. The first kappa shape index (κ1) is 23.3. The van der Waals surface area contributed by atoms with Crippen molar-refractivity contribution in [3.8, 4) is 22.8 Å². The minimum Gasteiger partial charge on any atom is -0.490 e. The second-order valence-corrected chi connectivity index (χ2v) is 7.50. The Hall–Kier alpha value is -2.38. The number of rotatable bonds is 9. The summed E-state index contributed by atoms with van der Waals surface area (Å²) in [6.45, 7) is 5.15. The summed E-state index contributed by atoms with van der Waals surface area (Å²) < 4.78 is 52.4. The van der Waals surface area contributed by atoms with Crippen LogP contribution in [0.15, 0.2) is 30.3 Å². The van der Waals surface area contributed by atoms with Crippen LogP contribution < -0.4 is 15.2 Å². The molecule has 3 N–H and O–H groups in total. The third-order valence-corrected chi connectivity index (χ3v) is 5.34. The Kier molecular flexibility index (Phi) is 7.38. The van der Waals surface area contributed by atoms with E-state index >= 15 is 0 Å². The second-order valence-electron chi connectivity index (χ2n) is 7.09. The van der Waals surface area contributed by atoms with E-state index in [1.807, 2.05) is 19.9 Å². The Bertz CT molecular complexity index is 1050. The number of hydrogen-bond acceptors (Lipinski definition) is 3. The Balaban J connectivity index is 2.24. The van der Waals surface area contributed by atoms with Gasteiger partial charge in [-0.1, -0.05) is 11.6 Å². The number of fused-ring (bicyclic) bond motifs is 1. The molecule has 0 spiro atoms. The number of halogens is 4. The van der Waals surface area contributed by atoms with E-state index in [1.165, 1.54) is 6.07 Å². The number of aromatic nitrogens is 1. The van der Waals surface area contributed by atoms with Crippen molar-refractivity contribution in [3.05, 3.63) is 46.5 Å². The summed E-state index contributed by atoms with van der Waals surface area (Å²) >= 11 is 6.39. The molecule has 3 rings (SSSR count). The van der Waals surface area contributed by atoms with Crippen LogP contribution in [0.25, 0.3) is 22.2 Å². The van der Waals surface area contributed by atoms with Crippen molar-refractivity contribution in [2.75, 3.05) is 19.8 Å². The van der Waals surface area contributed by atoms with Crippen LogP contribution in [0.1, 0.15) is 37.8 Å². The fraction of sp³-hybridized carbons (Fsp3) is 0.391. The summed E-state index contributed by atoms with van der Waals surface area (Å²) in [4.78, 5) is 3.01. The zero-order valence-electron chi connectivity index (χ0n) is 17.5. The third kappa shape index (κ3) is 4.93. The number of aromatic amines is 1. The molecule has 0 aliphatic heterocycles. The molecule has 0 radical (unpaired) electrons. The minimum absolute atomic E-state index is 0.00964. The van der Waals surface area contributed by atoms with Gasteiger partial charge in [0.2, 0.25) is 0 Å². The Morgan fingerprint density at radius 3 is 2.35 bits per heavy atom. The third-order valence-electron chi connectivity index (χ3n) is 5.03. The average Bonchev–Trinajstić information content (AvgIpc) is 3.09. The molecule has 0 amide bonds. The van der Waals surface area contributed by atoms with E-state index in [2.05, 4.69) is 4.98 Å². The highest BCUT2D eigenvalue weighted by Crippen LogP contribution is 2.43. The fourth-order valence-corrected chi connectivity index (χ4v) is 3.98. The van der Waals surface area contributed by atoms with Crippen LogP contribution in [0, 0.1) is 0 Å². The lowest BCUT2D eigenvalue weighted by Crippen LogP contribution is -2.05. The van der Waals surface area contributed by atoms with Gasteiger partial charge in [0.05, 0.1) is 29.3 Å². The molecule has 0 aliphatic rings. The maximum absolute atomic E-state index is 13.7. The van der Waals surface area contributed by atoms with Crippen LogP contribution in [0.4, 0.5) is 13.2 Å². The first-order chi connectivity index (χ1) is 14.8. The normalized spacial score (nSPS) is 11.8. The lowest BCUT2D eigenvalue weighted by molar-refractivity contribution is -0.136. The van der Waals surface area contributed by atoms with Crippen LogP contribution in [0.3, 0.4) is 0 Å². The maximum atomic E-state index is 13.7. The standard InChI is InChI=1S/C23H26ClF3N2O2/c1-3-30-18-11-8-14(13-19(18)31-4-2)21-15(7-5-6-12-28)20-17(24)10-9-16(22(20)29-21)23(25,26)27/h8-11,13,29H,3-7,12,28H2,1-2H3. The Morgan fingerprint density at radius 2 is 1.71 bits per heavy atom. The number of ether oxygens (including phenoxy) is 2. The predicted octanol–water partition coefficient (Wildman–Crippen LogP) is 6.59. The molecule has 2 aromatic carbocycles. The van der Waals surface area contributed by atoms with Crippen molar-refractivity contribution >= 4 is 22.5 Å². The van der Waals surface area contributed by atoms with Crippen molar-refractivity contribution < 1.29 is 22.6 Å². The molecule has 8 heteroatoms. The smallest absolute Gasteiger partial charge is 0.418 e. The van der Waals surface area contributed by atoms with Gasteiger partial charge in [-0.25, -0.2) is 0 Å². The quantitative estimate of drug-likeness (QED) is 0.359. The Labute approximate surface area is 184 Å². The summed E-state index contributed by atoms with van der Waals surface area (Å²) in [6.07, 6.45) is -2.46. The number of aryl methyl sites for hydroxylation is 1. The summed E-state index contributed by atoms with van der Waals surface area (Å²) in [7, 11) is 0. The number of unbranched alkanes of at least 4 members (excludes halogenated alkanes) is 1. The number of benzene rings is 2. The number of alkyl halides is 3. The van der Waals surface area contributed by atoms with Gasteiger partial charge in [-0.15, -0.1) is 0 Å². The van der Waals surface area contributed by atoms with E-state index in [9.17, 15) is 13.2 Å². The van der Waals surface area contributed by atoms with E-state index in [4.69, 9.17) is 26.8 Å². The number of hydrogen-bond donors (Lipinski definition) is 2. The van der Waals surface area contributed by atoms with Crippen molar-refractivity contribution in [1.82, 2.24) is 4.98 Å². The van der Waals surface area contributed by atoms with Crippen LogP contribution in [-0.4, -0.2) is 24.7 Å². The van der Waals surface area contributed by atoms with Gasteiger partial charge in [0.15, 0.2) is 11.5 Å². The van der Waals surface area contributed by atoms with Gasteiger partial charge in [-0.05, 0) is 75.5 Å². The number of nitrogens with one attached hydrogen (secondary N) is 1. The molecule has 0 saturated carbocycles. The number of H-pyrrole nitrogens is 1. The zero-order chi connectivity index (χ0) is 22.6. The molecule has 0 saturated heterocycles. The van der Waals surface area contributed by atoms with Crippen LogP contribution in [0.5, 0.6) is 11.5 Å². The summed E-state index contributed by atoms with van der Waals surface area (Å²) in [6, 6.07) is 7.68. The summed E-state index contributed by atoms with van der Waals surface area (Å²) in [5, 5.41) is 0.680. The van der Waals surface area contributed by atoms with E-state index in [1.54, 1.807) is 12.1 Å². The van der Waals surface area contributed by atoms with Gasteiger partial charge < -0.3 is 20.2 Å². The first-order valence-corrected chi connectivity index (χ1v) is 10.7. The molecule has 1 aromatic heterocycles. The van der Waals surface area contributed by atoms with Crippen LogP contribution in [0.2, 0.25) is 5.02 Å². The molecule has 0 atom stereocenters. The SMILES string of the molecule is CCOc1ccc(-c2[nH]c3c(C(F)(F)F)ccc(Cl)c3c2CCCCN)cc1OCC. The molecule has 1 heterocycles. The topological polar surface area (TPSA) is 60.3 Å². The highest BCUT2D eigenvalue weighted by Gasteiger charge is 2.34. The Morgan fingerprint density at radius 1 is 1.00 bits per heavy atom. The zero-order valence-corrected chi connectivity index (χ0v) is 18.3. The number of nitrogens with two attached hydrogens (primary N) is 1. The van der Waals surface area contributed by atoms with Crippen molar-refractivity contribution in [2.24, 2.45) is 5.73 Å². The van der Waals surface area contributed by atoms with Crippen molar-refractivity contribution in [1.29, 1.82) is 0 Å². The van der Waals surface area contributed by atoms with Gasteiger partial charge in [0, 0.05) is 16.6 Å². The lowest BCUT2D eigenvalue weighted by Gasteiger charge is -2.13. The van der Waals surface area contributed by atoms with E-state index in [-0.39, 0.29) is 10.5 Å². The van der Waals surface area contributed by atoms with Gasteiger partial charge in [-0.2, -0.15) is 13.2 Å². The molecule has 3 aromatic rings. The fourth-order valence-electron chi connectivity index (χ4n) is 3.71. The predicted molar refractivity (Wildman–Crippen MR) is 118 cm³/mol. The second kappa shape index (κ2) is 9.83. The van der Waals surface area contributed by atoms with Gasteiger partial charge >= 0.3 is 6.18 Å². The maximum Gasteiger partial charge on any atom is 0.418 e. The van der Waals surface area contributed by atoms with Crippen molar-refractivity contribution in [2.45, 2.75) is 39.3 Å². The van der Waals surface area contributed by atoms with Crippen LogP contribution >= 0.6 is 11.6 Å². The van der Waals surface area contributed by atoms with E-state index in [0.29, 0.717) is 54.3 Å². The molecule has 168 valence electrons. The van der Waals surface area contributed by atoms with E-state index in [0.717, 1.165) is 24.5 Å². The molecule has 0 bridgehead atoms.